The van der Waals surface area contributed by atoms with Crippen molar-refractivity contribution in [3.05, 3.63) is 0 Å². The maximum atomic E-state index is 12.3. The number of carbonyl (C=O) groups is 3. The minimum atomic E-state index is -0.721. The van der Waals surface area contributed by atoms with Gasteiger partial charge >= 0.3 is 6.03 Å². The Morgan fingerprint density at radius 2 is 1.95 bits per heavy atom. The van der Waals surface area contributed by atoms with E-state index < -0.39 is 18.1 Å². The minimum Gasteiger partial charge on any atom is -0.345 e. The van der Waals surface area contributed by atoms with Crippen molar-refractivity contribution in [1.29, 1.82) is 0 Å². The van der Waals surface area contributed by atoms with Gasteiger partial charge in [-0.2, -0.15) is 0 Å². The summed E-state index contributed by atoms with van der Waals surface area (Å²) in [6.07, 6.45) is 1.45. The Labute approximate surface area is 117 Å². The zero-order valence-corrected chi connectivity index (χ0v) is 12.2. The summed E-state index contributed by atoms with van der Waals surface area (Å²) >= 11 is 0. The van der Waals surface area contributed by atoms with Gasteiger partial charge in [-0.15, -0.1) is 0 Å². The predicted molar refractivity (Wildman–Crippen MR) is 71.6 cm³/mol. The Hall–Kier alpha value is -2.25. The first-order valence-electron chi connectivity index (χ1n) is 6.22. The van der Waals surface area contributed by atoms with Crippen molar-refractivity contribution >= 4 is 30.0 Å². The normalized spacial score (nSPS) is 23.4. The predicted octanol–water partition coefficient (Wildman–Crippen LogP) is -1.19. The van der Waals surface area contributed by atoms with Gasteiger partial charge in [-0.3, -0.25) is 19.4 Å². The van der Waals surface area contributed by atoms with E-state index in [1.807, 2.05) is 0 Å². The minimum absolute atomic E-state index is 0.132. The van der Waals surface area contributed by atoms with Gasteiger partial charge in [0, 0.05) is 28.2 Å². The number of urea groups is 1. The molecule has 4 amide bonds. The molecule has 108 valence electrons. The van der Waals surface area contributed by atoms with E-state index in [2.05, 4.69) is 4.99 Å². The highest BCUT2D eigenvalue weighted by Gasteiger charge is 2.52. The van der Waals surface area contributed by atoms with E-state index in [4.69, 9.17) is 0 Å². The summed E-state index contributed by atoms with van der Waals surface area (Å²) in [5.74, 6) is -0.150. The van der Waals surface area contributed by atoms with Crippen LogP contribution in [-0.2, 0) is 9.59 Å². The SMILES string of the molecule is CC(C(=O)N(C)C)[N+]1=CN=C2C1C(=O)N(C)C(=O)N2C. The fourth-order valence-electron chi connectivity index (χ4n) is 2.33. The van der Waals surface area contributed by atoms with Crippen LogP contribution >= 0.6 is 0 Å². The summed E-state index contributed by atoms with van der Waals surface area (Å²) in [5.41, 5.74) is 0. The molecule has 0 bridgehead atoms. The molecule has 20 heavy (non-hydrogen) atoms. The molecular formula is C12H18N5O3+. The number of likely N-dealkylation sites (N-methyl/N-ethyl adjacent to an activating group) is 3. The highest BCUT2D eigenvalue weighted by Crippen LogP contribution is 2.18. The van der Waals surface area contributed by atoms with Crippen molar-refractivity contribution < 1.29 is 19.0 Å². The number of hydrogen-bond donors (Lipinski definition) is 0. The third-order valence-electron chi connectivity index (χ3n) is 3.59. The zero-order chi connectivity index (χ0) is 15.2. The number of nitrogens with zero attached hydrogens (tertiary/aromatic N) is 5. The highest BCUT2D eigenvalue weighted by molar-refractivity contribution is 6.21. The maximum absolute atomic E-state index is 12.3. The van der Waals surface area contributed by atoms with Crippen LogP contribution < -0.4 is 0 Å². The lowest BCUT2D eigenvalue weighted by Gasteiger charge is -2.32. The van der Waals surface area contributed by atoms with E-state index in [-0.39, 0.29) is 11.8 Å². The number of imide groups is 1. The summed E-state index contributed by atoms with van der Waals surface area (Å²) in [7, 11) is 6.29. The number of rotatable bonds is 2. The van der Waals surface area contributed by atoms with Crippen LogP contribution in [0.2, 0.25) is 0 Å². The van der Waals surface area contributed by atoms with Crippen molar-refractivity contribution in [2.24, 2.45) is 4.99 Å². The molecule has 0 aromatic rings. The quantitative estimate of drug-likeness (QED) is 0.597. The molecule has 0 aliphatic carbocycles. The number of hydrogen-bond acceptors (Lipinski definition) is 4. The van der Waals surface area contributed by atoms with Crippen LogP contribution in [0.3, 0.4) is 0 Å². The maximum Gasteiger partial charge on any atom is 0.333 e. The van der Waals surface area contributed by atoms with Crippen molar-refractivity contribution in [3.8, 4) is 0 Å². The molecule has 2 aliphatic heterocycles. The van der Waals surface area contributed by atoms with Crippen molar-refractivity contribution in [2.75, 3.05) is 28.2 Å². The number of amides is 4. The molecule has 2 atom stereocenters. The largest absolute Gasteiger partial charge is 0.345 e. The molecule has 0 aromatic carbocycles. The van der Waals surface area contributed by atoms with Crippen LogP contribution in [0.25, 0.3) is 0 Å². The van der Waals surface area contributed by atoms with Crippen molar-refractivity contribution in [3.63, 3.8) is 0 Å². The fraction of sp³-hybridized carbons (Fsp3) is 0.583. The summed E-state index contributed by atoms with van der Waals surface area (Å²) in [6, 6.07) is -1.68. The Morgan fingerprint density at radius 3 is 2.50 bits per heavy atom. The molecule has 0 spiro atoms. The Balaban J connectivity index is 2.32. The molecule has 8 nitrogen and oxygen atoms in total. The number of fused-ring (bicyclic) bond motifs is 1. The van der Waals surface area contributed by atoms with E-state index in [1.54, 1.807) is 32.6 Å². The van der Waals surface area contributed by atoms with Crippen molar-refractivity contribution in [2.45, 2.75) is 19.0 Å². The van der Waals surface area contributed by atoms with Crippen LogP contribution in [0.15, 0.2) is 4.99 Å². The molecule has 2 aliphatic rings. The van der Waals surface area contributed by atoms with Crippen LogP contribution in [0.4, 0.5) is 4.79 Å². The van der Waals surface area contributed by atoms with Gasteiger partial charge in [-0.25, -0.2) is 9.37 Å². The third kappa shape index (κ3) is 1.87. The van der Waals surface area contributed by atoms with E-state index in [1.165, 1.54) is 23.2 Å². The second-order valence-electron chi connectivity index (χ2n) is 5.10. The molecule has 0 saturated carbocycles. The zero-order valence-electron chi connectivity index (χ0n) is 12.2. The monoisotopic (exact) mass is 280 g/mol. The summed E-state index contributed by atoms with van der Waals surface area (Å²) in [4.78, 5) is 44.1. The lowest BCUT2D eigenvalue weighted by molar-refractivity contribution is -0.552. The van der Waals surface area contributed by atoms with E-state index in [0.717, 1.165) is 4.90 Å². The molecule has 8 heteroatoms. The lowest BCUT2D eigenvalue weighted by Crippen LogP contribution is -2.63. The first-order valence-corrected chi connectivity index (χ1v) is 6.22. The molecule has 0 radical (unpaired) electrons. The third-order valence-corrected chi connectivity index (χ3v) is 3.59. The highest BCUT2D eigenvalue weighted by atomic mass is 16.2. The van der Waals surface area contributed by atoms with Gasteiger partial charge < -0.3 is 4.90 Å². The Bertz CT molecular complexity index is 551. The van der Waals surface area contributed by atoms with Crippen LogP contribution in [0.5, 0.6) is 0 Å². The molecule has 0 N–H and O–H groups in total. The van der Waals surface area contributed by atoms with E-state index in [0.29, 0.717) is 5.84 Å². The molecule has 0 aromatic heterocycles. The van der Waals surface area contributed by atoms with E-state index >= 15 is 0 Å². The summed E-state index contributed by atoms with van der Waals surface area (Å²) in [5, 5.41) is 0. The van der Waals surface area contributed by atoms with Gasteiger partial charge in [0.1, 0.15) is 0 Å². The molecule has 1 saturated heterocycles. The Kier molecular flexibility index (Phi) is 3.33. The smallest absolute Gasteiger partial charge is 0.333 e. The Morgan fingerprint density at radius 1 is 1.35 bits per heavy atom. The molecule has 2 heterocycles. The van der Waals surface area contributed by atoms with Crippen LogP contribution in [0.1, 0.15) is 6.92 Å². The van der Waals surface area contributed by atoms with Gasteiger partial charge in [-0.1, -0.05) is 0 Å². The lowest BCUT2D eigenvalue weighted by atomic mass is 10.1. The topological polar surface area (TPSA) is 76.3 Å². The second kappa shape index (κ2) is 4.69. The fourth-order valence-corrected chi connectivity index (χ4v) is 2.33. The van der Waals surface area contributed by atoms with Crippen molar-refractivity contribution in [1.82, 2.24) is 14.7 Å². The average Bonchev–Trinajstić information content (AvgIpc) is 2.85. The van der Waals surface area contributed by atoms with E-state index in [9.17, 15) is 14.4 Å². The first-order chi connectivity index (χ1) is 9.27. The first kappa shape index (κ1) is 14.2. The summed E-state index contributed by atoms with van der Waals surface area (Å²) < 4.78 is 1.58. The molecule has 2 rings (SSSR count). The number of amidine groups is 1. The summed E-state index contributed by atoms with van der Waals surface area (Å²) in [6.45, 7) is 1.71. The van der Waals surface area contributed by atoms with Crippen LogP contribution in [-0.4, -0.2) is 89.6 Å². The molecular weight excluding hydrogens is 262 g/mol. The standard InChI is InChI=1S/C12H18N5O3/c1-7(10(18)14(2)3)17-6-13-9-8(17)11(19)16(5)12(20)15(9)4/h6-8H,1-5H3/q+1. The van der Waals surface area contributed by atoms with Gasteiger partial charge in [0.05, 0.1) is 0 Å². The average molecular weight is 280 g/mol. The number of carbonyl (C=O) groups excluding carboxylic acids is 3. The van der Waals surface area contributed by atoms with Gasteiger partial charge in [-0.05, 0) is 11.9 Å². The van der Waals surface area contributed by atoms with Gasteiger partial charge in [0.25, 0.3) is 30.0 Å². The number of aliphatic imine (C=N–C) groups is 1. The van der Waals surface area contributed by atoms with Crippen LogP contribution in [0, 0.1) is 0 Å². The molecule has 1 fully saturated rings. The molecule has 2 unspecified atom stereocenters. The van der Waals surface area contributed by atoms with Gasteiger partial charge in [0.15, 0.2) is 6.04 Å². The second-order valence-corrected chi connectivity index (χ2v) is 5.10. The van der Waals surface area contributed by atoms with Gasteiger partial charge in [0.2, 0.25) is 0 Å².